The molecule has 0 aliphatic rings. The van der Waals surface area contributed by atoms with E-state index in [1.807, 2.05) is 11.8 Å². The average Bonchev–Trinajstić information content (AvgIpc) is 2.40. The van der Waals surface area contributed by atoms with Crippen LogP contribution in [0, 0.1) is 5.92 Å². The lowest BCUT2D eigenvalue weighted by atomic mass is 9.88. The monoisotopic (exact) mass is 279 g/mol. The van der Waals surface area contributed by atoms with Gasteiger partial charge in [-0.25, -0.2) is 0 Å². The quantitative estimate of drug-likeness (QED) is 0.666. The number of nitrogens with one attached hydrogen (secondary N) is 1. The summed E-state index contributed by atoms with van der Waals surface area (Å²) in [6.07, 6.45) is 1.26. The zero-order chi connectivity index (χ0) is 14.1. The van der Waals surface area contributed by atoms with Crippen LogP contribution >= 0.6 is 11.8 Å². The van der Waals surface area contributed by atoms with Crippen molar-refractivity contribution in [3.05, 3.63) is 35.9 Å². The molecular weight excluding hydrogens is 250 g/mol. The van der Waals surface area contributed by atoms with Crippen LogP contribution in [0.5, 0.6) is 0 Å². The van der Waals surface area contributed by atoms with E-state index in [9.17, 15) is 0 Å². The van der Waals surface area contributed by atoms with E-state index in [2.05, 4.69) is 63.3 Å². The second kappa shape index (κ2) is 9.44. The van der Waals surface area contributed by atoms with Crippen LogP contribution in [0.15, 0.2) is 30.3 Å². The molecule has 0 bridgehead atoms. The van der Waals surface area contributed by atoms with Gasteiger partial charge in [-0.2, -0.15) is 11.8 Å². The Morgan fingerprint density at radius 3 is 2.37 bits per heavy atom. The van der Waals surface area contributed by atoms with Crippen molar-refractivity contribution in [2.45, 2.75) is 46.1 Å². The van der Waals surface area contributed by atoms with Gasteiger partial charge in [0.1, 0.15) is 0 Å². The smallest absolute Gasteiger partial charge is 0.00468 e. The summed E-state index contributed by atoms with van der Waals surface area (Å²) < 4.78 is 0. The Morgan fingerprint density at radius 2 is 1.79 bits per heavy atom. The third kappa shape index (κ3) is 6.49. The molecule has 19 heavy (non-hydrogen) atoms. The molecular formula is C17H29NS. The summed E-state index contributed by atoms with van der Waals surface area (Å²) in [7, 11) is 0. The van der Waals surface area contributed by atoms with Crippen LogP contribution < -0.4 is 5.32 Å². The van der Waals surface area contributed by atoms with Gasteiger partial charge in [-0.05, 0) is 42.2 Å². The van der Waals surface area contributed by atoms with E-state index in [0.717, 1.165) is 6.54 Å². The first-order valence-corrected chi connectivity index (χ1v) is 8.66. The summed E-state index contributed by atoms with van der Waals surface area (Å²) >= 11 is 2.03. The first kappa shape index (κ1) is 16.6. The van der Waals surface area contributed by atoms with Crippen molar-refractivity contribution in [2.75, 3.05) is 18.1 Å². The number of hydrogen-bond donors (Lipinski definition) is 1. The summed E-state index contributed by atoms with van der Waals surface area (Å²) in [6.45, 7) is 10.2. The molecule has 108 valence electrons. The molecule has 0 saturated carbocycles. The lowest BCUT2D eigenvalue weighted by molar-refractivity contribution is 0.428. The highest BCUT2D eigenvalue weighted by molar-refractivity contribution is 7.99. The number of thioether (sulfide) groups is 1. The number of hydrogen-bond acceptors (Lipinski definition) is 2. The maximum Gasteiger partial charge on any atom is 0.00468 e. The maximum absolute atomic E-state index is 3.71. The summed E-state index contributed by atoms with van der Waals surface area (Å²) in [5.41, 5.74) is 1.46. The van der Waals surface area contributed by atoms with Crippen LogP contribution in [0.3, 0.4) is 0 Å². The first-order chi connectivity index (χ1) is 9.15. The van der Waals surface area contributed by atoms with Crippen molar-refractivity contribution in [1.29, 1.82) is 0 Å². The van der Waals surface area contributed by atoms with Crippen molar-refractivity contribution in [3.63, 3.8) is 0 Å². The number of benzene rings is 1. The molecule has 1 aromatic carbocycles. The molecule has 0 spiro atoms. The van der Waals surface area contributed by atoms with Gasteiger partial charge in [-0.15, -0.1) is 0 Å². The fraction of sp³-hybridized carbons (Fsp3) is 0.647. The van der Waals surface area contributed by atoms with Gasteiger partial charge >= 0.3 is 0 Å². The molecule has 0 radical (unpaired) electrons. The van der Waals surface area contributed by atoms with Crippen LogP contribution in [-0.2, 0) is 0 Å². The Balaban J connectivity index is 2.43. The van der Waals surface area contributed by atoms with Crippen molar-refractivity contribution in [1.82, 2.24) is 5.32 Å². The Labute approximate surface area is 123 Å². The predicted octanol–water partition coefficient (Wildman–Crippen LogP) is 4.55. The van der Waals surface area contributed by atoms with Crippen molar-refractivity contribution < 1.29 is 0 Å². The van der Waals surface area contributed by atoms with E-state index in [4.69, 9.17) is 0 Å². The van der Waals surface area contributed by atoms with Crippen LogP contribution in [0.2, 0.25) is 0 Å². The summed E-state index contributed by atoms with van der Waals surface area (Å²) in [6, 6.07) is 11.5. The summed E-state index contributed by atoms with van der Waals surface area (Å²) in [5, 5.41) is 3.71. The van der Waals surface area contributed by atoms with Gasteiger partial charge in [0.2, 0.25) is 0 Å². The van der Waals surface area contributed by atoms with Crippen LogP contribution in [-0.4, -0.2) is 24.1 Å². The lowest BCUT2D eigenvalue weighted by Gasteiger charge is -2.24. The van der Waals surface area contributed by atoms with E-state index in [1.54, 1.807) is 0 Å². The van der Waals surface area contributed by atoms with Gasteiger partial charge in [0.25, 0.3) is 0 Å². The maximum atomic E-state index is 3.71. The van der Waals surface area contributed by atoms with E-state index in [0.29, 0.717) is 17.9 Å². The average molecular weight is 279 g/mol. The minimum absolute atomic E-state index is 0.613. The Kier molecular flexibility index (Phi) is 8.24. The molecule has 0 aliphatic heterocycles. The van der Waals surface area contributed by atoms with E-state index < -0.39 is 0 Å². The predicted molar refractivity (Wildman–Crippen MR) is 89.1 cm³/mol. The molecule has 1 N–H and O–H groups in total. The van der Waals surface area contributed by atoms with E-state index in [-0.39, 0.29) is 0 Å². The molecule has 1 rings (SSSR count). The van der Waals surface area contributed by atoms with Gasteiger partial charge in [-0.1, -0.05) is 51.1 Å². The van der Waals surface area contributed by atoms with Crippen molar-refractivity contribution in [2.24, 2.45) is 5.92 Å². The SMILES string of the molecule is CCSCCC(C)NCC(c1ccccc1)C(C)C. The molecule has 1 nitrogen and oxygen atoms in total. The van der Waals surface area contributed by atoms with Crippen LogP contribution in [0.1, 0.15) is 45.6 Å². The fourth-order valence-corrected chi connectivity index (χ4v) is 3.08. The van der Waals surface area contributed by atoms with Gasteiger partial charge < -0.3 is 5.32 Å². The second-order valence-corrected chi connectivity index (χ2v) is 6.95. The Hall–Kier alpha value is -0.470. The highest BCUT2D eigenvalue weighted by atomic mass is 32.2. The van der Waals surface area contributed by atoms with E-state index >= 15 is 0 Å². The summed E-state index contributed by atoms with van der Waals surface area (Å²) in [4.78, 5) is 0. The Morgan fingerprint density at radius 1 is 1.11 bits per heavy atom. The third-order valence-corrected chi connectivity index (χ3v) is 4.55. The Bertz CT molecular complexity index is 323. The zero-order valence-corrected chi connectivity index (χ0v) is 13.7. The number of rotatable bonds is 9. The normalized spacial score (nSPS) is 14.6. The molecule has 0 saturated heterocycles. The second-order valence-electron chi connectivity index (χ2n) is 5.56. The van der Waals surface area contributed by atoms with Gasteiger partial charge in [0.15, 0.2) is 0 Å². The highest BCUT2D eigenvalue weighted by Gasteiger charge is 2.16. The molecule has 1 aromatic rings. The highest BCUT2D eigenvalue weighted by Crippen LogP contribution is 2.23. The minimum atomic E-state index is 0.613. The topological polar surface area (TPSA) is 12.0 Å². The van der Waals surface area contributed by atoms with Crippen LogP contribution in [0.25, 0.3) is 0 Å². The molecule has 2 unspecified atom stereocenters. The first-order valence-electron chi connectivity index (χ1n) is 7.51. The van der Waals surface area contributed by atoms with E-state index in [1.165, 1.54) is 23.5 Å². The third-order valence-electron chi connectivity index (χ3n) is 3.62. The zero-order valence-electron chi connectivity index (χ0n) is 12.9. The largest absolute Gasteiger partial charge is 0.314 e. The van der Waals surface area contributed by atoms with Crippen molar-refractivity contribution >= 4 is 11.8 Å². The van der Waals surface area contributed by atoms with Gasteiger partial charge in [0.05, 0.1) is 0 Å². The lowest BCUT2D eigenvalue weighted by Crippen LogP contribution is -2.32. The molecule has 0 amide bonds. The van der Waals surface area contributed by atoms with Crippen LogP contribution in [0.4, 0.5) is 0 Å². The van der Waals surface area contributed by atoms with Crippen molar-refractivity contribution in [3.8, 4) is 0 Å². The molecule has 0 aromatic heterocycles. The standard InChI is InChI=1S/C17H29NS/c1-5-19-12-11-15(4)18-13-17(14(2)3)16-9-7-6-8-10-16/h6-10,14-15,17-18H,5,11-13H2,1-4H3. The molecule has 0 heterocycles. The fourth-order valence-electron chi connectivity index (χ4n) is 2.27. The summed E-state index contributed by atoms with van der Waals surface area (Å²) in [5.74, 6) is 3.78. The minimum Gasteiger partial charge on any atom is -0.314 e. The molecule has 0 aliphatic carbocycles. The molecule has 0 fully saturated rings. The molecule has 2 heteroatoms. The molecule has 2 atom stereocenters. The van der Waals surface area contributed by atoms with Gasteiger partial charge in [0, 0.05) is 12.6 Å². The van der Waals surface area contributed by atoms with Gasteiger partial charge in [-0.3, -0.25) is 0 Å².